The monoisotopic (exact) mass is 244 g/mol. The molecule has 4 nitrogen and oxygen atoms in total. The topological polar surface area (TPSA) is 63.8 Å². The fraction of sp³-hybridized carbons (Fsp3) is 0.0833. The van der Waals surface area contributed by atoms with Crippen LogP contribution in [0, 0.1) is 6.92 Å². The van der Waals surface area contributed by atoms with Gasteiger partial charge in [0.25, 0.3) is 0 Å². The van der Waals surface area contributed by atoms with Gasteiger partial charge in [-0.3, -0.25) is 9.97 Å². The number of aromatic nitrogens is 2. The van der Waals surface area contributed by atoms with E-state index >= 15 is 0 Å². The Balaban J connectivity index is 2.20. The van der Waals surface area contributed by atoms with Crippen molar-refractivity contribution in [3.8, 4) is 0 Å². The first kappa shape index (κ1) is 11.5. The molecule has 0 radical (unpaired) electrons. The summed E-state index contributed by atoms with van der Waals surface area (Å²) in [4.78, 5) is 8.52. The molecule has 0 spiro atoms. The van der Waals surface area contributed by atoms with Crippen LogP contribution < -0.4 is 11.1 Å². The highest BCUT2D eigenvalue weighted by Gasteiger charge is 2.00. The third-order valence-corrected chi connectivity index (χ3v) is 2.54. The Morgan fingerprint density at radius 1 is 1.29 bits per heavy atom. The molecule has 0 aliphatic heterocycles. The van der Waals surface area contributed by atoms with Gasteiger partial charge >= 0.3 is 0 Å². The van der Waals surface area contributed by atoms with E-state index in [0.717, 1.165) is 16.9 Å². The smallest absolute Gasteiger partial charge is 0.122 e. The maximum atomic E-state index is 5.48. The lowest BCUT2D eigenvalue weighted by molar-refractivity contribution is 1.26. The van der Waals surface area contributed by atoms with E-state index in [1.54, 1.807) is 24.7 Å². The number of pyridine rings is 2. The van der Waals surface area contributed by atoms with Gasteiger partial charge in [-0.1, -0.05) is 12.2 Å². The number of nitrogens with two attached hydrogens (primary N) is 1. The van der Waals surface area contributed by atoms with E-state index < -0.39 is 0 Å². The number of rotatable bonds is 3. The van der Waals surface area contributed by atoms with Crippen LogP contribution in [-0.4, -0.2) is 15.0 Å². The highest BCUT2D eigenvalue weighted by molar-refractivity contribution is 7.80. The Morgan fingerprint density at radius 3 is 2.71 bits per heavy atom. The lowest BCUT2D eigenvalue weighted by Gasteiger charge is -2.08. The fourth-order valence-corrected chi connectivity index (χ4v) is 1.48. The van der Waals surface area contributed by atoms with Crippen molar-refractivity contribution in [3.63, 3.8) is 0 Å². The molecule has 3 N–H and O–H groups in total. The molecule has 2 aromatic rings. The van der Waals surface area contributed by atoms with Crippen molar-refractivity contribution in [1.82, 2.24) is 9.97 Å². The van der Waals surface area contributed by atoms with Crippen LogP contribution in [-0.2, 0) is 0 Å². The van der Waals surface area contributed by atoms with Gasteiger partial charge in [0.1, 0.15) is 4.99 Å². The maximum Gasteiger partial charge on any atom is 0.122 e. The number of aryl methyl sites for hydroxylation is 1. The summed E-state index contributed by atoms with van der Waals surface area (Å²) in [6.45, 7) is 2.01. The third kappa shape index (κ3) is 2.76. The second-order valence-electron chi connectivity index (χ2n) is 3.61. The van der Waals surface area contributed by atoms with Crippen LogP contribution in [0.25, 0.3) is 0 Å². The lowest BCUT2D eigenvalue weighted by Crippen LogP contribution is -2.11. The molecule has 0 aliphatic carbocycles. The van der Waals surface area contributed by atoms with Gasteiger partial charge in [0, 0.05) is 6.20 Å². The van der Waals surface area contributed by atoms with Gasteiger partial charge in [0.05, 0.1) is 29.5 Å². The van der Waals surface area contributed by atoms with Crippen LogP contribution >= 0.6 is 12.2 Å². The van der Waals surface area contributed by atoms with Gasteiger partial charge in [-0.05, 0) is 30.7 Å². The zero-order valence-electron chi connectivity index (χ0n) is 9.34. The molecular weight excluding hydrogens is 232 g/mol. The quantitative estimate of drug-likeness (QED) is 0.810. The van der Waals surface area contributed by atoms with E-state index in [1.807, 2.05) is 19.1 Å². The van der Waals surface area contributed by atoms with Crippen molar-refractivity contribution in [1.29, 1.82) is 0 Å². The van der Waals surface area contributed by atoms with Crippen LogP contribution in [0.5, 0.6) is 0 Å². The zero-order valence-corrected chi connectivity index (χ0v) is 10.2. The maximum absolute atomic E-state index is 5.48. The van der Waals surface area contributed by atoms with E-state index in [0.29, 0.717) is 10.7 Å². The van der Waals surface area contributed by atoms with Gasteiger partial charge in [0.15, 0.2) is 0 Å². The van der Waals surface area contributed by atoms with Crippen molar-refractivity contribution < 1.29 is 0 Å². The summed E-state index contributed by atoms with van der Waals surface area (Å²) in [5.74, 6) is 0. The molecule has 0 atom stereocenters. The highest BCUT2D eigenvalue weighted by atomic mass is 32.1. The molecule has 0 aliphatic rings. The second-order valence-corrected chi connectivity index (χ2v) is 4.05. The Hall–Kier alpha value is -2.01. The van der Waals surface area contributed by atoms with Gasteiger partial charge in [-0.15, -0.1) is 0 Å². The van der Waals surface area contributed by atoms with Gasteiger partial charge in [-0.25, -0.2) is 0 Å². The number of nitrogens with zero attached hydrogens (tertiary/aromatic N) is 2. The average molecular weight is 244 g/mol. The average Bonchev–Trinajstić information content (AvgIpc) is 2.33. The molecule has 2 aromatic heterocycles. The number of anilines is 2. The normalized spacial score (nSPS) is 9.94. The first-order chi connectivity index (χ1) is 8.16. The first-order valence-corrected chi connectivity index (χ1v) is 5.51. The minimum atomic E-state index is 0.300. The molecule has 86 valence electrons. The number of hydrogen-bond acceptors (Lipinski definition) is 4. The third-order valence-electron chi connectivity index (χ3n) is 2.33. The van der Waals surface area contributed by atoms with E-state index in [1.165, 1.54) is 0 Å². The van der Waals surface area contributed by atoms with Gasteiger partial charge in [0.2, 0.25) is 0 Å². The van der Waals surface area contributed by atoms with Crippen molar-refractivity contribution in [2.45, 2.75) is 6.92 Å². The Labute approximate surface area is 105 Å². The molecule has 2 heterocycles. The number of hydrogen-bond donors (Lipinski definition) is 2. The van der Waals surface area contributed by atoms with Crippen LogP contribution in [0.4, 0.5) is 11.4 Å². The van der Waals surface area contributed by atoms with Crippen LogP contribution in [0.2, 0.25) is 0 Å². The van der Waals surface area contributed by atoms with Crippen molar-refractivity contribution in [2.75, 3.05) is 5.32 Å². The fourth-order valence-electron chi connectivity index (χ4n) is 1.36. The van der Waals surface area contributed by atoms with Gasteiger partial charge < -0.3 is 11.1 Å². The highest BCUT2D eigenvalue weighted by Crippen LogP contribution is 2.18. The molecule has 0 amide bonds. The van der Waals surface area contributed by atoms with E-state index in [2.05, 4.69) is 15.3 Å². The summed E-state index contributed by atoms with van der Waals surface area (Å²) in [7, 11) is 0. The minimum Gasteiger partial charge on any atom is -0.388 e. The Kier molecular flexibility index (Phi) is 3.30. The van der Waals surface area contributed by atoms with Crippen molar-refractivity contribution in [3.05, 3.63) is 48.0 Å². The molecule has 0 fully saturated rings. The second kappa shape index (κ2) is 4.88. The summed E-state index contributed by atoms with van der Waals surface area (Å²) >= 11 is 4.84. The van der Waals surface area contributed by atoms with Crippen molar-refractivity contribution in [2.24, 2.45) is 5.73 Å². The van der Waals surface area contributed by atoms with Crippen molar-refractivity contribution >= 4 is 28.6 Å². The van der Waals surface area contributed by atoms with E-state index in [4.69, 9.17) is 18.0 Å². The predicted molar refractivity (Wildman–Crippen MR) is 72.4 cm³/mol. The summed E-state index contributed by atoms with van der Waals surface area (Å²) in [6, 6.07) is 5.61. The largest absolute Gasteiger partial charge is 0.388 e. The van der Waals surface area contributed by atoms with Crippen LogP contribution in [0.15, 0.2) is 36.8 Å². The van der Waals surface area contributed by atoms with E-state index in [-0.39, 0.29) is 0 Å². The molecule has 0 saturated carbocycles. The molecular formula is C12H12N4S. The minimum absolute atomic E-state index is 0.300. The zero-order chi connectivity index (χ0) is 12.3. The SMILES string of the molecule is Cc1ccncc1Nc1ccc(C(N)=S)nc1. The lowest BCUT2D eigenvalue weighted by atomic mass is 10.2. The van der Waals surface area contributed by atoms with E-state index in [9.17, 15) is 0 Å². The molecule has 2 rings (SSSR count). The molecule has 17 heavy (non-hydrogen) atoms. The Morgan fingerprint density at radius 2 is 2.12 bits per heavy atom. The Bertz CT molecular complexity index is 536. The first-order valence-electron chi connectivity index (χ1n) is 5.10. The predicted octanol–water partition coefficient (Wildman–Crippen LogP) is 2.16. The summed E-state index contributed by atoms with van der Waals surface area (Å²) in [6.07, 6.45) is 5.23. The number of nitrogens with one attached hydrogen (secondary N) is 1. The van der Waals surface area contributed by atoms with Crippen LogP contribution in [0.1, 0.15) is 11.3 Å². The molecule has 0 aromatic carbocycles. The molecule has 5 heteroatoms. The molecule has 0 saturated heterocycles. The summed E-state index contributed by atoms with van der Waals surface area (Å²) < 4.78 is 0. The number of thiocarbonyl (C=S) groups is 1. The summed E-state index contributed by atoms with van der Waals surface area (Å²) in [5, 5.41) is 3.23. The summed E-state index contributed by atoms with van der Waals surface area (Å²) in [5.41, 5.74) is 9.05. The molecule has 0 unspecified atom stereocenters. The standard InChI is InChI=1S/C12H12N4S/c1-8-4-5-14-7-11(8)16-9-2-3-10(12(13)17)15-6-9/h2-7,16H,1H3,(H2,13,17). The van der Waals surface area contributed by atoms with Gasteiger partial charge in [-0.2, -0.15) is 0 Å². The molecule has 0 bridgehead atoms. The van der Waals surface area contributed by atoms with Crippen LogP contribution in [0.3, 0.4) is 0 Å².